The maximum absolute atomic E-state index is 11.3. The molecule has 4 rings (SSSR count). The fourth-order valence-corrected chi connectivity index (χ4v) is 4.71. The molecule has 1 heterocycles. The van der Waals surface area contributed by atoms with Gasteiger partial charge in [0.15, 0.2) is 0 Å². The van der Waals surface area contributed by atoms with Gasteiger partial charge < -0.3 is 33.6 Å². The van der Waals surface area contributed by atoms with Crippen LogP contribution in [-0.2, 0) is 15.9 Å². The second-order valence-corrected chi connectivity index (χ2v) is 9.50. The van der Waals surface area contributed by atoms with Gasteiger partial charge in [-0.2, -0.15) is 0 Å². The number of para-hydroxylation sites is 1. The minimum atomic E-state index is -4.45. The Morgan fingerprint density at radius 3 is 2.36 bits per heavy atom. The Morgan fingerprint density at radius 2 is 1.73 bits per heavy atom. The second-order valence-electron chi connectivity index (χ2n) is 7.97. The van der Waals surface area contributed by atoms with Crippen molar-refractivity contribution in [3.63, 3.8) is 0 Å². The van der Waals surface area contributed by atoms with Crippen molar-refractivity contribution in [2.24, 2.45) is 5.92 Å². The molecule has 1 aliphatic rings. The minimum absolute atomic E-state index is 0.00783. The van der Waals surface area contributed by atoms with E-state index in [0.29, 0.717) is 12.2 Å². The van der Waals surface area contributed by atoms with E-state index in [9.17, 15) is 9.67 Å². The van der Waals surface area contributed by atoms with Crippen LogP contribution < -0.4 is 10.2 Å². The van der Waals surface area contributed by atoms with Crippen LogP contribution in [0.3, 0.4) is 0 Å². The fourth-order valence-electron chi connectivity index (χ4n) is 4.21. The summed E-state index contributed by atoms with van der Waals surface area (Å²) in [6, 6.07) is 19.2. The summed E-state index contributed by atoms with van der Waals surface area (Å²) in [6.07, 6.45) is -0.323. The van der Waals surface area contributed by atoms with Crippen LogP contribution in [0.1, 0.15) is 23.7 Å². The molecule has 1 aromatic heterocycles. The van der Waals surface area contributed by atoms with Crippen LogP contribution in [-0.4, -0.2) is 33.6 Å². The Labute approximate surface area is 191 Å². The first-order valence-electron chi connectivity index (χ1n) is 10.4. The van der Waals surface area contributed by atoms with E-state index in [4.69, 9.17) is 30.2 Å². The van der Waals surface area contributed by atoms with Crippen LogP contribution in [0.5, 0.6) is 11.5 Å². The van der Waals surface area contributed by atoms with E-state index in [2.05, 4.69) is 4.85 Å². The van der Waals surface area contributed by atoms with Crippen molar-refractivity contribution in [2.75, 3.05) is 6.61 Å². The molecular formula is C24H24NO7P. The molecule has 8 nitrogen and oxygen atoms in total. The van der Waals surface area contributed by atoms with Gasteiger partial charge in [-0.1, -0.05) is 30.3 Å². The summed E-state index contributed by atoms with van der Waals surface area (Å²) in [5.74, 6) is 1.16. The summed E-state index contributed by atoms with van der Waals surface area (Å²) in [6.45, 7) is 7.74. The van der Waals surface area contributed by atoms with Crippen molar-refractivity contribution in [1.29, 1.82) is 0 Å². The molecule has 1 fully saturated rings. The van der Waals surface area contributed by atoms with Gasteiger partial charge in [-0.15, -0.1) is 0 Å². The highest BCUT2D eigenvalue weighted by Gasteiger charge is 2.47. The van der Waals surface area contributed by atoms with Crippen molar-refractivity contribution in [3.8, 4) is 11.5 Å². The van der Waals surface area contributed by atoms with E-state index in [1.54, 1.807) is 0 Å². The highest BCUT2D eigenvalue weighted by molar-refractivity contribution is 7.59. The monoisotopic (exact) mass is 469 g/mol. The maximum Gasteiger partial charge on any atom is 0.391 e. The molecule has 1 aliphatic carbocycles. The summed E-state index contributed by atoms with van der Waals surface area (Å²) >= 11 is 0. The zero-order valence-corrected chi connectivity index (χ0v) is 18.5. The fraction of sp³-hybridized carbons (Fsp3) is 0.292. The number of aliphatic hydroxyl groups excluding tert-OH is 1. The van der Waals surface area contributed by atoms with Crippen LogP contribution in [0.25, 0.3) is 4.85 Å². The first-order valence-corrected chi connectivity index (χ1v) is 12.1. The third-order valence-electron chi connectivity index (χ3n) is 5.75. The van der Waals surface area contributed by atoms with Gasteiger partial charge in [-0.3, -0.25) is 4.57 Å². The van der Waals surface area contributed by atoms with E-state index in [1.165, 1.54) is 12.1 Å². The number of hydrogen-bond donors (Lipinski definition) is 3. The molecule has 172 valence electrons. The average molecular weight is 469 g/mol. The molecule has 2 unspecified atom stereocenters. The predicted octanol–water partition coefficient (Wildman–Crippen LogP) is 3.84. The summed E-state index contributed by atoms with van der Waals surface area (Å²) in [5.41, 5.74) is 0.483. The van der Waals surface area contributed by atoms with Crippen molar-refractivity contribution < 1.29 is 33.3 Å². The Hall–Kier alpha value is -2.92. The molecule has 33 heavy (non-hydrogen) atoms. The number of rotatable bonds is 8. The van der Waals surface area contributed by atoms with Gasteiger partial charge >= 0.3 is 7.60 Å². The highest BCUT2D eigenvalue weighted by atomic mass is 31.2. The third-order valence-corrected chi connectivity index (χ3v) is 6.57. The molecule has 0 bridgehead atoms. The number of nitrogens with zero attached hydrogens (tertiary/aromatic N) is 1. The van der Waals surface area contributed by atoms with E-state index < -0.39 is 25.2 Å². The van der Waals surface area contributed by atoms with Gasteiger partial charge in [0.2, 0.25) is 11.5 Å². The van der Waals surface area contributed by atoms with E-state index in [1.807, 2.05) is 54.6 Å². The normalized spacial score (nSPS) is 22.7. The quantitative estimate of drug-likeness (QED) is 0.339. The summed E-state index contributed by atoms with van der Waals surface area (Å²) < 4.78 is 28.0. The van der Waals surface area contributed by atoms with Crippen LogP contribution >= 0.6 is 7.60 Å². The van der Waals surface area contributed by atoms with Crippen molar-refractivity contribution >= 4 is 13.1 Å². The lowest BCUT2D eigenvalue weighted by Crippen LogP contribution is -2.24. The molecular weight excluding hydrogens is 445 g/mol. The van der Waals surface area contributed by atoms with Crippen LogP contribution in [0.2, 0.25) is 0 Å². The van der Waals surface area contributed by atoms with Crippen molar-refractivity contribution in [1.82, 2.24) is 0 Å². The summed E-state index contributed by atoms with van der Waals surface area (Å²) in [7, 11) is -4.45. The number of hydrogen-bond acceptors (Lipinski definition) is 5. The minimum Gasteiger partial charge on any atom is -0.457 e. The maximum atomic E-state index is 11.3. The number of aliphatic hydroxyl groups is 1. The largest absolute Gasteiger partial charge is 0.457 e. The molecule has 3 aromatic rings. The van der Waals surface area contributed by atoms with E-state index in [-0.39, 0.29) is 30.8 Å². The van der Waals surface area contributed by atoms with Crippen LogP contribution in [0.4, 0.5) is 0 Å². The second kappa shape index (κ2) is 9.92. The van der Waals surface area contributed by atoms with Crippen molar-refractivity contribution in [3.05, 3.63) is 89.5 Å². The van der Waals surface area contributed by atoms with E-state index >= 15 is 0 Å². The van der Waals surface area contributed by atoms with Gasteiger partial charge in [0, 0.05) is 12.3 Å². The molecule has 0 amide bonds. The number of ether oxygens (including phenoxy) is 2. The summed E-state index contributed by atoms with van der Waals surface area (Å²) in [5, 5.41) is 10.7. The predicted molar refractivity (Wildman–Crippen MR) is 120 cm³/mol. The van der Waals surface area contributed by atoms with Gasteiger partial charge in [0.1, 0.15) is 23.9 Å². The number of benzene rings is 2. The lowest BCUT2D eigenvalue weighted by Gasteiger charge is -2.22. The zero-order valence-electron chi connectivity index (χ0n) is 17.7. The average Bonchev–Trinajstić information content (AvgIpc) is 3.40. The molecule has 4 atom stereocenters. The van der Waals surface area contributed by atoms with Gasteiger partial charge in [-0.05, 0) is 42.0 Å². The molecule has 3 N–H and O–H groups in total. The molecule has 0 radical (unpaired) electrons. The first-order chi connectivity index (χ1) is 15.8. The topological polar surface area (TPSA) is 114 Å². The molecule has 1 saturated carbocycles. The Balaban J connectivity index is 1.43. The van der Waals surface area contributed by atoms with Gasteiger partial charge in [0.05, 0.1) is 18.6 Å². The lowest BCUT2D eigenvalue weighted by molar-refractivity contribution is 0.0620. The third kappa shape index (κ3) is 5.53. The van der Waals surface area contributed by atoms with Gasteiger partial charge in [0.25, 0.3) is 0 Å². The standard InChI is InChI=1S/C24H24NO7P/c1-25-21-13-22(26)24(16-7-9-18(10-8-16)31-17-5-3-2-4-6-17)20(21)15-30-14-19-11-12-23(32-19)33(27,28)29/h2-12,20-22,24,26H,13-15H2,(H2,27,28,29)/t20?,21-,22-,24?/m1/s1. The zero-order chi connectivity index (χ0) is 23.4. The van der Waals surface area contributed by atoms with E-state index in [0.717, 1.165) is 11.3 Å². The Bertz CT molecular complexity index is 1150. The highest BCUT2D eigenvalue weighted by Crippen LogP contribution is 2.42. The number of furan rings is 1. The van der Waals surface area contributed by atoms with Crippen molar-refractivity contribution in [2.45, 2.75) is 31.1 Å². The van der Waals surface area contributed by atoms with Crippen LogP contribution in [0, 0.1) is 12.5 Å². The molecule has 0 aliphatic heterocycles. The summed E-state index contributed by atoms with van der Waals surface area (Å²) in [4.78, 5) is 22.0. The Morgan fingerprint density at radius 1 is 1.03 bits per heavy atom. The Kier molecular flexibility index (Phi) is 6.99. The molecule has 0 saturated heterocycles. The SMILES string of the molecule is [C-]#[N+][C@@H]1C[C@@H](O)C(c2ccc(Oc3ccccc3)cc2)C1COCc1ccc(P(=O)(O)O)o1. The van der Waals surface area contributed by atoms with Gasteiger partial charge in [-0.25, -0.2) is 6.57 Å². The first kappa shape index (κ1) is 23.2. The smallest absolute Gasteiger partial charge is 0.391 e. The molecule has 2 aromatic carbocycles. The molecule has 9 heteroatoms. The van der Waals surface area contributed by atoms with Crippen LogP contribution in [0.15, 0.2) is 71.1 Å². The lowest BCUT2D eigenvalue weighted by atomic mass is 9.87. The molecule has 0 spiro atoms.